The fraction of sp³-hybridized carbons (Fsp3) is 0.833. The molecule has 0 bridgehead atoms. The molecule has 0 N–H and O–H groups in total. The van der Waals surface area contributed by atoms with Gasteiger partial charge < -0.3 is 0 Å². The van der Waals surface area contributed by atoms with Crippen molar-refractivity contribution in [1.82, 2.24) is 0 Å². The third-order valence-corrected chi connectivity index (χ3v) is 3.18. The predicted octanol–water partition coefficient (Wildman–Crippen LogP) is 2.66. The highest BCUT2D eigenvalue weighted by atomic mass is 35.5. The number of rotatable bonds is 3. The molecular weight excluding hydrogens is 240 g/mol. The minimum atomic E-state index is -0.0653. The van der Waals surface area contributed by atoms with E-state index in [0.29, 0.717) is 6.54 Å². The van der Waals surface area contributed by atoms with Crippen LogP contribution in [0.5, 0.6) is 0 Å². The summed E-state index contributed by atoms with van der Waals surface area (Å²) in [5, 5.41) is 0. The van der Waals surface area contributed by atoms with Gasteiger partial charge >= 0.3 is 0 Å². The summed E-state index contributed by atoms with van der Waals surface area (Å²) in [4.78, 5) is 28.0. The molecule has 96 valence electrons. The van der Waals surface area contributed by atoms with Crippen LogP contribution < -0.4 is 0 Å². The molecule has 1 saturated carbocycles. The van der Waals surface area contributed by atoms with Crippen molar-refractivity contribution in [3.63, 3.8) is 0 Å². The zero-order valence-electron chi connectivity index (χ0n) is 10.5. The molecular formula is C12H19ClN2O2. The maximum atomic E-state index is 10.3. The average Bonchev–Trinajstić information content (AvgIpc) is 2.12. The second kappa shape index (κ2) is 6.11. The SMILES string of the molecule is CC1(C)CC(N=C=O)CC(C)(CN=C=O)C1.Cl. The topological polar surface area (TPSA) is 58.9 Å². The van der Waals surface area contributed by atoms with Gasteiger partial charge in [0.15, 0.2) is 0 Å². The molecule has 17 heavy (non-hydrogen) atoms. The maximum absolute atomic E-state index is 10.3. The number of halogens is 1. The van der Waals surface area contributed by atoms with Gasteiger partial charge in [-0.1, -0.05) is 20.8 Å². The highest BCUT2D eigenvalue weighted by Crippen LogP contribution is 2.47. The van der Waals surface area contributed by atoms with Gasteiger partial charge in [-0.15, -0.1) is 12.4 Å². The van der Waals surface area contributed by atoms with Crippen molar-refractivity contribution >= 4 is 24.6 Å². The Hall–Kier alpha value is -0.950. The van der Waals surface area contributed by atoms with Crippen LogP contribution in [0.4, 0.5) is 0 Å². The van der Waals surface area contributed by atoms with Gasteiger partial charge in [0.05, 0.1) is 12.6 Å². The van der Waals surface area contributed by atoms with Crippen LogP contribution in [-0.4, -0.2) is 24.7 Å². The molecule has 1 aliphatic rings. The molecule has 0 radical (unpaired) electrons. The van der Waals surface area contributed by atoms with Gasteiger partial charge in [0, 0.05) is 0 Å². The lowest BCUT2D eigenvalue weighted by atomic mass is 9.63. The van der Waals surface area contributed by atoms with E-state index in [2.05, 4.69) is 30.8 Å². The minimum absolute atomic E-state index is 0. The summed E-state index contributed by atoms with van der Waals surface area (Å²) in [5.41, 5.74) is 0.0561. The Morgan fingerprint density at radius 2 is 1.82 bits per heavy atom. The van der Waals surface area contributed by atoms with Gasteiger partial charge in [0.2, 0.25) is 12.2 Å². The lowest BCUT2D eigenvalue weighted by Gasteiger charge is -2.44. The van der Waals surface area contributed by atoms with E-state index in [-0.39, 0.29) is 29.3 Å². The monoisotopic (exact) mass is 258 g/mol. The van der Waals surface area contributed by atoms with E-state index in [9.17, 15) is 9.59 Å². The van der Waals surface area contributed by atoms with Crippen LogP contribution in [0.15, 0.2) is 9.98 Å². The largest absolute Gasteiger partial charge is 0.235 e. The normalized spacial score (nSPS) is 30.4. The second-order valence-electron chi connectivity index (χ2n) is 5.84. The third kappa shape index (κ3) is 4.82. The molecule has 0 aromatic rings. The molecule has 2 atom stereocenters. The van der Waals surface area contributed by atoms with Crippen LogP contribution >= 0.6 is 12.4 Å². The van der Waals surface area contributed by atoms with E-state index >= 15 is 0 Å². The van der Waals surface area contributed by atoms with E-state index in [0.717, 1.165) is 19.3 Å². The molecule has 1 aliphatic carbocycles. The van der Waals surface area contributed by atoms with Crippen LogP contribution in [0.1, 0.15) is 40.0 Å². The first-order chi connectivity index (χ1) is 7.41. The van der Waals surface area contributed by atoms with Gasteiger partial charge in [-0.05, 0) is 30.1 Å². The van der Waals surface area contributed by atoms with E-state index in [1.54, 1.807) is 12.2 Å². The summed E-state index contributed by atoms with van der Waals surface area (Å²) in [6.07, 6.45) is 5.88. The van der Waals surface area contributed by atoms with Crippen LogP contribution in [0.25, 0.3) is 0 Å². The summed E-state index contributed by atoms with van der Waals surface area (Å²) >= 11 is 0. The molecule has 4 nitrogen and oxygen atoms in total. The molecule has 0 aliphatic heterocycles. The average molecular weight is 259 g/mol. The fourth-order valence-electron chi connectivity index (χ4n) is 3.09. The van der Waals surface area contributed by atoms with Gasteiger partial charge in [-0.2, -0.15) is 0 Å². The highest BCUT2D eigenvalue weighted by molar-refractivity contribution is 5.85. The van der Waals surface area contributed by atoms with Crippen molar-refractivity contribution in [2.75, 3.05) is 6.54 Å². The zero-order chi connectivity index (χ0) is 12.2. The van der Waals surface area contributed by atoms with E-state index in [1.165, 1.54) is 0 Å². The fourth-order valence-corrected chi connectivity index (χ4v) is 3.09. The molecule has 5 heteroatoms. The van der Waals surface area contributed by atoms with Crippen LogP contribution in [-0.2, 0) is 9.59 Å². The maximum Gasteiger partial charge on any atom is 0.235 e. The number of nitrogens with zero attached hydrogens (tertiary/aromatic N) is 2. The molecule has 0 amide bonds. The summed E-state index contributed by atoms with van der Waals surface area (Å²) < 4.78 is 0. The molecule has 1 fully saturated rings. The van der Waals surface area contributed by atoms with Crippen molar-refractivity contribution in [2.45, 2.75) is 46.1 Å². The molecule has 0 aromatic heterocycles. The predicted molar refractivity (Wildman–Crippen MR) is 67.9 cm³/mol. The Labute approximate surface area is 108 Å². The van der Waals surface area contributed by atoms with E-state index in [1.807, 2.05) is 0 Å². The Morgan fingerprint density at radius 3 is 2.35 bits per heavy atom. The summed E-state index contributed by atoms with van der Waals surface area (Å²) in [7, 11) is 0. The molecule has 2 unspecified atom stereocenters. The summed E-state index contributed by atoms with van der Waals surface area (Å²) in [6, 6.07) is 0.00750. The van der Waals surface area contributed by atoms with Crippen molar-refractivity contribution < 1.29 is 9.59 Å². The highest BCUT2D eigenvalue weighted by Gasteiger charge is 2.41. The van der Waals surface area contributed by atoms with E-state index < -0.39 is 0 Å². The second-order valence-corrected chi connectivity index (χ2v) is 5.84. The number of aliphatic imine (C=N–C) groups is 2. The number of hydrogen-bond acceptors (Lipinski definition) is 4. The third-order valence-electron chi connectivity index (χ3n) is 3.18. The molecule has 1 rings (SSSR count). The van der Waals surface area contributed by atoms with Crippen molar-refractivity contribution in [3.05, 3.63) is 0 Å². The first-order valence-corrected chi connectivity index (χ1v) is 5.51. The van der Waals surface area contributed by atoms with Crippen molar-refractivity contribution in [1.29, 1.82) is 0 Å². The molecule has 0 aromatic carbocycles. The van der Waals surface area contributed by atoms with Crippen molar-refractivity contribution in [2.24, 2.45) is 20.8 Å². The smallest absolute Gasteiger partial charge is 0.211 e. The van der Waals surface area contributed by atoms with Crippen LogP contribution in [0.3, 0.4) is 0 Å². The Bertz CT molecular complexity index is 358. The Balaban J connectivity index is 0.00000256. The minimum Gasteiger partial charge on any atom is -0.211 e. The zero-order valence-corrected chi connectivity index (χ0v) is 11.3. The van der Waals surface area contributed by atoms with Crippen molar-refractivity contribution in [3.8, 4) is 0 Å². The molecule has 0 saturated heterocycles. The number of hydrogen-bond donors (Lipinski definition) is 0. The lowest BCUT2D eigenvalue weighted by molar-refractivity contribution is 0.0915. The summed E-state index contributed by atoms with van der Waals surface area (Å²) in [6.45, 7) is 6.86. The quantitative estimate of drug-likeness (QED) is 0.577. The van der Waals surface area contributed by atoms with Gasteiger partial charge in [0.1, 0.15) is 0 Å². The van der Waals surface area contributed by atoms with Gasteiger partial charge in [-0.25, -0.2) is 19.6 Å². The van der Waals surface area contributed by atoms with E-state index in [4.69, 9.17) is 0 Å². The van der Waals surface area contributed by atoms with Crippen LogP contribution in [0, 0.1) is 10.8 Å². The number of carbonyl (C=O) groups excluding carboxylic acids is 2. The lowest BCUT2D eigenvalue weighted by Crippen LogP contribution is -2.39. The standard InChI is InChI=1S/C12H18N2O2.ClH/c1-11(2)4-10(14-9-16)5-12(3,6-11)7-13-8-15;/h10H,4-7H2,1-3H3;1H. The van der Waals surface area contributed by atoms with Gasteiger partial charge in [-0.3, -0.25) is 0 Å². The van der Waals surface area contributed by atoms with Crippen LogP contribution in [0.2, 0.25) is 0 Å². The molecule has 0 spiro atoms. The van der Waals surface area contributed by atoms with Gasteiger partial charge in [0.25, 0.3) is 0 Å². The first-order valence-electron chi connectivity index (χ1n) is 5.51. The summed E-state index contributed by atoms with van der Waals surface area (Å²) in [5.74, 6) is 0. The first kappa shape index (κ1) is 16.1. The molecule has 0 heterocycles. The number of isocyanates is 2. The Kier molecular flexibility index (Phi) is 5.77. The Morgan fingerprint density at radius 1 is 1.18 bits per heavy atom.